The van der Waals surface area contributed by atoms with Gasteiger partial charge in [-0.25, -0.2) is 13.8 Å². The lowest BCUT2D eigenvalue weighted by Gasteiger charge is -2.20. The van der Waals surface area contributed by atoms with Crippen LogP contribution in [0, 0.1) is 11.6 Å². The summed E-state index contributed by atoms with van der Waals surface area (Å²) in [5.74, 6) is -2.53. The number of para-hydroxylation sites is 1. The Labute approximate surface area is 178 Å². The summed E-state index contributed by atoms with van der Waals surface area (Å²) in [6.07, 6.45) is -1.47. The van der Waals surface area contributed by atoms with Gasteiger partial charge in [0.15, 0.2) is 0 Å². The second-order valence-electron chi connectivity index (χ2n) is 7.18. The summed E-state index contributed by atoms with van der Waals surface area (Å²) in [4.78, 5) is 31.7. The highest BCUT2D eigenvalue weighted by Gasteiger charge is 2.30. The topological polar surface area (TPSA) is 61.8 Å². The number of benzene rings is 3. The number of hydrogen-bond donors (Lipinski definition) is 1. The van der Waals surface area contributed by atoms with Crippen LogP contribution in [-0.4, -0.2) is 30.7 Å². The van der Waals surface area contributed by atoms with E-state index in [0.717, 1.165) is 29.3 Å². The van der Waals surface area contributed by atoms with Crippen LogP contribution < -0.4 is 10.2 Å². The predicted molar refractivity (Wildman–Crippen MR) is 114 cm³/mol. The summed E-state index contributed by atoms with van der Waals surface area (Å²) in [6.45, 7) is 0. The molecule has 156 valence electrons. The third-order valence-corrected chi connectivity index (χ3v) is 4.98. The SMILES string of the molecule is CN1C(=O)C(NC(=O)Cc2cc(F)cc(F)c2)N=C(c2ccccc2)c2ccccc21. The second kappa shape index (κ2) is 8.47. The number of carbonyl (C=O) groups is 2. The number of nitrogens with one attached hydrogen (secondary N) is 1. The second-order valence-corrected chi connectivity index (χ2v) is 7.18. The van der Waals surface area contributed by atoms with Crippen LogP contribution in [0.1, 0.15) is 16.7 Å². The molecular formula is C24H19F2N3O2. The first-order valence-corrected chi connectivity index (χ1v) is 9.67. The van der Waals surface area contributed by atoms with Gasteiger partial charge in [-0.05, 0) is 23.8 Å². The van der Waals surface area contributed by atoms with Crippen LogP contribution >= 0.6 is 0 Å². The number of carbonyl (C=O) groups excluding carboxylic acids is 2. The Balaban J connectivity index is 1.68. The number of benzodiazepines with no additional fused rings is 1. The molecule has 1 N–H and O–H groups in total. The summed E-state index contributed by atoms with van der Waals surface area (Å²) < 4.78 is 26.9. The summed E-state index contributed by atoms with van der Waals surface area (Å²) in [5.41, 5.74) is 2.95. The third kappa shape index (κ3) is 4.35. The quantitative estimate of drug-likeness (QED) is 0.704. The number of nitrogens with zero attached hydrogens (tertiary/aromatic N) is 2. The fourth-order valence-corrected chi connectivity index (χ4v) is 3.54. The fraction of sp³-hybridized carbons (Fsp3) is 0.125. The van der Waals surface area contributed by atoms with E-state index in [1.54, 1.807) is 7.05 Å². The number of amides is 2. The van der Waals surface area contributed by atoms with E-state index in [1.165, 1.54) is 4.90 Å². The highest BCUT2D eigenvalue weighted by molar-refractivity contribution is 6.20. The van der Waals surface area contributed by atoms with Crippen molar-refractivity contribution in [3.63, 3.8) is 0 Å². The minimum atomic E-state index is -1.18. The zero-order valence-corrected chi connectivity index (χ0v) is 16.7. The smallest absolute Gasteiger partial charge is 0.272 e. The lowest BCUT2D eigenvalue weighted by molar-refractivity contribution is -0.126. The Morgan fingerprint density at radius 2 is 1.65 bits per heavy atom. The molecule has 1 aliphatic heterocycles. The predicted octanol–water partition coefficient (Wildman–Crippen LogP) is 3.46. The molecular weight excluding hydrogens is 400 g/mol. The molecule has 0 aliphatic carbocycles. The number of rotatable bonds is 4. The molecule has 0 saturated carbocycles. The zero-order chi connectivity index (χ0) is 22.0. The van der Waals surface area contributed by atoms with E-state index in [4.69, 9.17) is 0 Å². The number of aliphatic imine (C=N–C) groups is 1. The molecule has 1 heterocycles. The van der Waals surface area contributed by atoms with Crippen molar-refractivity contribution >= 4 is 23.2 Å². The lowest BCUT2D eigenvalue weighted by atomic mass is 10.0. The Bertz CT molecular complexity index is 1160. The molecule has 0 saturated heterocycles. The van der Waals surface area contributed by atoms with Gasteiger partial charge in [-0.2, -0.15) is 0 Å². The van der Waals surface area contributed by atoms with Crippen LogP contribution in [0.4, 0.5) is 14.5 Å². The molecule has 3 aromatic carbocycles. The van der Waals surface area contributed by atoms with Gasteiger partial charge in [0.2, 0.25) is 12.1 Å². The van der Waals surface area contributed by atoms with Crippen molar-refractivity contribution in [2.45, 2.75) is 12.6 Å². The maximum absolute atomic E-state index is 13.4. The molecule has 2 amide bonds. The van der Waals surface area contributed by atoms with Gasteiger partial charge in [-0.15, -0.1) is 0 Å². The Morgan fingerprint density at radius 1 is 1.00 bits per heavy atom. The fourth-order valence-electron chi connectivity index (χ4n) is 3.54. The normalized spacial score (nSPS) is 15.7. The average Bonchev–Trinajstić information content (AvgIpc) is 2.84. The van der Waals surface area contributed by atoms with Crippen LogP contribution in [0.15, 0.2) is 77.8 Å². The summed E-state index contributed by atoms with van der Waals surface area (Å²) in [6, 6.07) is 19.6. The van der Waals surface area contributed by atoms with Crippen molar-refractivity contribution < 1.29 is 18.4 Å². The highest BCUT2D eigenvalue weighted by Crippen LogP contribution is 2.27. The number of halogens is 2. The highest BCUT2D eigenvalue weighted by atomic mass is 19.1. The first kappa shape index (κ1) is 20.4. The monoisotopic (exact) mass is 419 g/mol. The van der Waals surface area contributed by atoms with Crippen molar-refractivity contribution in [1.29, 1.82) is 0 Å². The van der Waals surface area contributed by atoms with Crippen LogP contribution in [-0.2, 0) is 16.0 Å². The molecule has 0 aromatic heterocycles. The molecule has 31 heavy (non-hydrogen) atoms. The van der Waals surface area contributed by atoms with Crippen LogP contribution in [0.25, 0.3) is 0 Å². The van der Waals surface area contributed by atoms with E-state index >= 15 is 0 Å². The van der Waals surface area contributed by atoms with Gasteiger partial charge >= 0.3 is 0 Å². The molecule has 7 heteroatoms. The number of hydrogen-bond acceptors (Lipinski definition) is 3. The van der Waals surface area contributed by atoms with E-state index < -0.39 is 29.6 Å². The largest absolute Gasteiger partial charge is 0.326 e. The van der Waals surface area contributed by atoms with Crippen molar-refractivity contribution in [1.82, 2.24) is 5.32 Å². The van der Waals surface area contributed by atoms with Gasteiger partial charge < -0.3 is 10.2 Å². The van der Waals surface area contributed by atoms with Crippen LogP contribution in [0.3, 0.4) is 0 Å². The van der Waals surface area contributed by atoms with Gasteiger partial charge in [0, 0.05) is 24.2 Å². The number of anilines is 1. The maximum Gasteiger partial charge on any atom is 0.272 e. The average molecular weight is 419 g/mol. The van der Waals surface area contributed by atoms with Gasteiger partial charge in [-0.3, -0.25) is 9.59 Å². The molecule has 0 radical (unpaired) electrons. The molecule has 3 aromatic rings. The van der Waals surface area contributed by atoms with Crippen molar-refractivity contribution in [3.8, 4) is 0 Å². The van der Waals surface area contributed by atoms with Gasteiger partial charge in [0.1, 0.15) is 11.6 Å². The Kier molecular flexibility index (Phi) is 5.58. The van der Waals surface area contributed by atoms with E-state index in [9.17, 15) is 18.4 Å². The summed E-state index contributed by atoms with van der Waals surface area (Å²) in [7, 11) is 1.62. The molecule has 1 aliphatic rings. The van der Waals surface area contributed by atoms with E-state index in [2.05, 4.69) is 10.3 Å². The minimum Gasteiger partial charge on any atom is -0.326 e. The van der Waals surface area contributed by atoms with E-state index in [0.29, 0.717) is 11.4 Å². The van der Waals surface area contributed by atoms with Crippen LogP contribution in [0.2, 0.25) is 0 Å². The van der Waals surface area contributed by atoms with E-state index in [-0.39, 0.29) is 12.0 Å². The molecule has 0 spiro atoms. The minimum absolute atomic E-state index is 0.167. The summed E-state index contributed by atoms with van der Waals surface area (Å²) in [5, 5.41) is 2.60. The molecule has 4 rings (SSSR count). The molecule has 1 unspecified atom stereocenters. The first-order valence-electron chi connectivity index (χ1n) is 9.67. The standard InChI is InChI=1S/C24H19F2N3O2/c1-29-20-10-6-5-9-19(20)22(16-7-3-2-4-8-16)28-23(24(29)31)27-21(30)13-15-11-17(25)14-18(26)12-15/h2-12,14,23H,13H2,1H3,(H,27,30). The van der Waals surface area contributed by atoms with Crippen LogP contribution in [0.5, 0.6) is 0 Å². The number of fused-ring (bicyclic) bond motifs is 1. The van der Waals surface area contributed by atoms with Crippen molar-refractivity contribution in [3.05, 3.63) is 101 Å². The van der Waals surface area contributed by atoms with E-state index in [1.807, 2.05) is 54.6 Å². The molecule has 1 atom stereocenters. The Morgan fingerprint density at radius 3 is 2.35 bits per heavy atom. The first-order chi connectivity index (χ1) is 14.9. The van der Waals surface area contributed by atoms with Crippen molar-refractivity contribution in [2.75, 3.05) is 11.9 Å². The zero-order valence-electron chi connectivity index (χ0n) is 16.7. The molecule has 5 nitrogen and oxygen atoms in total. The molecule has 0 bridgehead atoms. The van der Waals surface area contributed by atoms with Crippen molar-refractivity contribution in [2.24, 2.45) is 4.99 Å². The maximum atomic E-state index is 13.4. The summed E-state index contributed by atoms with van der Waals surface area (Å²) >= 11 is 0. The Hall–Kier alpha value is -3.87. The molecule has 0 fully saturated rings. The van der Waals surface area contributed by atoms with Gasteiger partial charge in [-0.1, -0.05) is 48.5 Å². The van der Waals surface area contributed by atoms with Gasteiger partial charge in [0.25, 0.3) is 5.91 Å². The van der Waals surface area contributed by atoms with Gasteiger partial charge in [0.05, 0.1) is 17.8 Å². The number of likely N-dealkylation sites (N-methyl/N-ethyl adjacent to an activating group) is 1. The lowest BCUT2D eigenvalue weighted by Crippen LogP contribution is -2.46. The third-order valence-electron chi connectivity index (χ3n) is 4.98.